The first-order valence-corrected chi connectivity index (χ1v) is 9.50. The van der Waals surface area contributed by atoms with E-state index in [0.717, 1.165) is 37.1 Å². The number of Topliss-reactive ketones (excluding diaryl/α,β-unsaturated/α-hetero) is 1. The van der Waals surface area contributed by atoms with E-state index in [9.17, 15) is 13.2 Å². The first-order chi connectivity index (χ1) is 9.95. The Bertz CT molecular complexity index is 666. The molecule has 0 bridgehead atoms. The maximum absolute atomic E-state index is 12.7. The summed E-state index contributed by atoms with van der Waals surface area (Å²) in [5.41, 5.74) is 3.04. The third-order valence-electron chi connectivity index (χ3n) is 4.70. The molecule has 1 heterocycles. The van der Waals surface area contributed by atoms with Crippen LogP contribution in [0.15, 0.2) is 18.2 Å². The molecular weight excluding hydrogens is 286 g/mol. The van der Waals surface area contributed by atoms with Gasteiger partial charge in [0.2, 0.25) is 0 Å². The minimum absolute atomic E-state index is 0.109. The molecule has 0 spiro atoms. The molecule has 0 amide bonds. The summed E-state index contributed by atoms with van der Waals surface area (Å²) in [7, 11) is -3.05. The Hall–Kier alpha value is -1.36. The molecule has 1 aromatic carbocycles. The van der Waals surface area contributed by atoms with Crippen LogP contribution in [0.25, 0.3) is 0 Å². The highest BCUT2D eigenvalue weighted by Gasteiger charge is 2.33. The van der Waals surface area contributed by atoms with Crippen molar-refractivity contribution < 1.29 is 13.2 Å². The second kappa shape index (κ2) is 5.44. The summed E-state index contributed by atoms with van der Waals surface area (Å²) in [4.78, 5) is 12.7. The van der Waals surface area contributed by atoms with E-state index < -0.39 is 9.84 Å². The molecule has 5 heteroatoms. The van der Waals surface area contributed by atoms with Gasteiger partial charge in [-0.25, -0.2) is 8.42 Å². The molecule has 114 valence electrons. The minimum atomic E-state index is -3.05. The summed E-state index contributed by atoms with van der Waals surface area (Å²) >= 11 is 0. The molecule has 4 nitrogen and oxygen atoms in total. The molecule has 1 aliphatic heterocycles. The number of sulfone groups is 1. The zero-order chi connectivity index (χ0) is 15.0. The van der Waals surface area contributed by atoms with Crippen molar-refractivity contribution in [2.24, 2.45) is 5.92 Å². The van der Waals surface area contributed by atoms with Gasteiger partial charge in [-0.15, -0.1) is 0 Å². The zero-order valence-corrected chi connectivity index (χ0v) is 13.1. The molecule has 1 fully saturated rings. The van der Waals surface area contributed by atoms with Gasteiger partial charge in [0.15, 0.2) is 5.78 Å². The van der Waals surface area contributed by atoms with Crippen molar-refractivity contribution in [3.05, 3.63) is 29.3 Å². The summed E-state index contributed by atoms with van der Waals surface area (Å²) in [6.07, 6.45) is 5.03. The summed E-state index contributed by atoms with van der Waals surface area (Å²) in [5.74, 6) is -0.0380. The van der Waals surface area contributed by atoms with E-state index in [2.05, 4.69) is 5.32 Å². The largest absolute Gasteiger partial charge is 0.384 e. The Morgan fingerprint density at radius 3 is 2.86 bits per heavy atom. The Morgan fingerprint density at radius 2 is 2.10 bits per heavy atom. The number of carbonyl (C=O) groups is 1. The van der Waals surface area contributed by atoms with Crippen molar-refractivity contribution in [2.45, 2.75) is 37.4 Å². The lowest BCUT2D eigenvalue weighted by molar-refractivity contribution is 0.0891. The summed E-state index contributed by atoms with van der Waals surface area (Å²) in [6, 6.07) is 5.80. The molecule has 0 radical (unpaired) electrons. The number of anilines is 1. The van der Waals surface area contributed by atoms with E-state index in [-0.39, 0.29) is 17.0 Å². The highest BCUT2D eigenvalue weighted by atomic mass is 32.2. The highest BCUT2D eigenvalue weighted by molar-refractivity contribution is 7.91. The standard InChI is InChI=1S/C16H21NO3S/c1-21(19,20)14-4-2-3-12(10-14)16(18)13-5-6-15-11(9-13)7-8-17-15/h5-6,9,12,14,17H,2-4,7-8,10H2,1H3. The maximum atomic E-state index is 12.7. The number of hydrogen-bond acceptors (Lipinski definition) is 4. The molecule has 2 unspecified atom stereocenters. The van der Waals surface area contributed by atoms with E-state index in [1.165, 1.54) is 11.8 Å². The van der Waals surface area contributed by atoms with Gasteiger partial charge in [-0.1, -0.05) is 6.42 Å². The van der Waals surface area contributed by atoms with Crippen molar-refractivity contribution in [3.63, 3.8) is 0 Å². The number of benzene rings is 1. The highest BCUT2D eigenvalue weighted by Crippen LogP contribution is 2.32. The molecule has 1 N–H and O–H groups in total. The monoisotopic (exact) mass is 307 g/mol. The fraction of sp³-hybridized carbons (Fsp3) is 0.562. The van der Waals surface area contributed by atoms with Crippen LogP contribution >= 0.6 is 0 Å². The normalized spacial score (nSPS) is 25.2. The van der Waals surface area contributed by atoms with Crippen LogP contribution in [0.1, 0.15) is 41.6 Å². The molecular formula is C16H21NO3S. The molecule has 0 aromatic heterocycles. The fourth-order valence-electron chi connectivity index (χ4n) is 3.47. The summed E-state index contributed by atoms with van der Waals surface area (Å²) < 4.78 is 23.4. The van der Waals surface area contributed by atoms with Crippen LogP contribution in [0.3, 0.4) is 0 Å². The number of rotatable bonds is 3. The maximum Gasteiger partial charge on any atom is 0.165 e. The topological polar surface area (TPSA) is 63.2 Å². The van der Waals surface area contributed by atoms with Gasteiger partial charge in [-0.2, -0.15) is 0 Å². The van der Waals surface area contributed by atoms with Gasteiger partial charge < -0.3 is 5.32 Å². The molecule has 0 saturated heterocycles. The van der Waals surface area contributed by atoms with Gasteiger partial charge in [0.1, 0.15) is 9.84 Å². The number of ketones is 1. The zero-order valence-electron chi connectivity index (χ0n) is 12.3. The van der Waals surface area contributed by atoms with E-state index in [4.69, 9.17) is 0 Å². The second-order valence-electron chi connectivity index (χ2n) is 6.23. The van der Waals surface area contributed by atoms with Crippen molar-refractivity contribution in [1.29, 1.82) is 0 Å². The van der Waals surface area contributed by atoms with Gasteiger partial charge in [0, 0.05) is 30.0 Å². The minimum Gasteiger partial charge on any atom is -0.384 e. The van der Waals surface area contributed by atoms with Gasteiger partial charge in [-0.3, -0.25) is 4.79 Å². The molecule has 21 heavy (non-hydrogen) atoms. The van der Waals surface area contributed by atoms with Crippen LogP contribution in [0.4, 0.5) is 5.69 Å². The summed E-state index contributed by atoms with van der Waals surface area (Å²) in [6.45, 7) is 0.923. The Morgan fingerprint density at radius 1 is 1.29 bits per heavy atom. The first-order valence-electron chi connectivity index (χ1n) is 7.55. The van der Waals surface area contributed by atoms with E-state index in [0.29, 0.717) is 12.8 Å². The first kappa shape index (κ1) is 14.6. The van der Waals surface area contributed by atoms with E-state index in [1.54, 1.807) is 0 Å². The van der Waals surface area contributed by atoms with Crippen LogP contribution in [0.5, 0.6) is 0 Å². The van der Waals surface area contributed by atoms with Crippen LogP contribution in [-0.2, 0) is 16.3 Å². The van der Waals surface area contributed by atoms with Crippen molar-refractivity contribution in [2.75, 3.05) is 18.1 Å². The lowest BCUT2D eigenvalue weighted by Gasteiger charge is -2.27. The van der Waals surface area contributed by atoms with Crippen LogP contribution < -0.4 is 5.32 Å². The fourth-order valence-corrected chi connectivity index (χ4v) is 4.64. The average molecular weight is 307 g/mol. The van der Waals surface area contributed by atoms with Crippen molar-refractivity contribution >= 4 is 21.3 Å². The van der Waals surface area contributed by atoms with Crippen LogP contribution in [0, 0.1) is 5.92 Å². The molecule has 3 rings (SSSR count). The van der Waals surface area contributed by atoms with E-state index in [1.807, 2.05) is 18.2 Å². The Labute approximate surface area is 125 Å². The third-order valence-corrected chi connectivity index (χ3v) is 6.34. The van der Waals surface area contributed by atoms with Crippen LogP contribution in [-0.4, -0.2) is 32.3 Å². The molecule has 1 saturated carbocycles. The Balaban J connectivity index is 1.79. The van der Waals surface area contributed by atoms with Crippen molar-refractivity contribution in [1.82, 2.24) is 0 Å². The molecule has 1 aliphatic carbocycles. The second-order valence-corrected chi connectivity index (χ2v) is 8.55. The lowest BCUT2D eigenvalue weighted by atomic mass is 9.83. The lowest BCUT2D eigenvalue weighted by Crippen LogP contribution is -2.31. The van der Waals surface area contributed by atoms with Gasteiger partial charge >= 0.3 is 0 Å². The number of fused-ring (bicyclic) bond motifs is 1. The Kier molecular flexibility index (Phi) is 3.78. The molecule has 1 aromatic rings. The van der Waals surface area contributed by atoms with E-state index >= 15 is 0 Å². The number of nitrogens with one attached hydrogen (secondary N) is 1. The molecule has 2 aliphatic rings. The number of carbonyl (C=O) groups excluding carboxylic acids is 1. The van der Waals surface area contributed by atoms with Gasteiger partial charge in [-0.05, 0) is 49.4 Å². The van der Waals surface area contributed by atoms with Gasteiger partial charge in [0.25, 0.3) is 0 Å². The number of hydrogen-bond donors (Lipinski definition) is 1. The smallest absolute Gasteiger partial charge is 0.165 e. The third kappa shape index (κ3) is 2.98. The SMILES string of the molecule is CS(=O)(=O)C1CCCC(C(=O)c2ccc3c(c2)CCN3)C1. The van der Waals surface area contributed by atoms with Crippen molar-refractivity contribution in [3.8, 4) is 0 Å². The van der Waals surface area contributed by atoms with Crippen LogP contribution in [0.2, 0.25) is 0 Å². The predicted octanol–water partition coefficient (Wildman–Crippen LogP) is 2.44. The van der Waals surface area contributed by atoms with Gasteiger partial charge in [0.05, 0.1) is 5.25 Å². The summed E-state index contributed by atoms with van der Waals surface area (Å²) in [5, 5.41) is 2.93. The quantitative estimate of drug-likeness (QED) is 0.871. The molecule has 2 atom stereocenters. The average Bonchev–Trinajstić information content (AvgIpc) is 2.93. The predicted molar refractivity (Wildman–Crippen MR) is 83.6 cm³/mol.